The molecule has 150 valence electrons. The monoisotopic (exact) mass is 486 g/mol. The van der Waals surface area contributed by atoms with Crippen LogP contribution in [-0.4, -0.2) is 33.4 Å². The number of hydrogen-bond acceptors (Lipinski definition) is 4. The molecule has 0 spiro atoms. The molecule has 7 nitrogen and oxygen atoms in total. The maximum absolute atomic E-state index is 6.11. The third-order valence-electron chi connectivity index (χ3n) is 3.91. The van der Waals surface area contributed by atoms with Crippen molar-refractivity contribution in [3.05, 3.63) is 41.0 Å². The van der Waals surface area contributed by atoms with E-state index >= 15 is 0 Å². The molecule has 0 saturated heterocycles. The first-order valence-electron chi connectivity index (χ1n) is 8.77. The molecule has 27 heavy (non-hydrogen) atoms. The van der Waals surface area contributed by atoms with Crippen molar-refractivity contribution >= 4 is 29.9 Å². The molecule has 2 aromatic rings. The number of guanidine groups is 1. The van der Waals surface area contributed by atoms with Crippen LogP contribution < -0.4 is 15.4 Å². The Bertz CT molecular complexity index is 779. The lowest BCUT2D eigenvalue weighted by Crippen LogP contribution is -2.37. The van der Waals surface area contributed by atoms with Crippen molar-refractivity contribution in [1.82, 2.24) is 25.4 Å². The Morgan fingerprint density at radius 2 is 1.81 bits per heavy atom. The molecule has 0 aliphatic heterocycles. The summed E-state index contributed by atoms with van der Waals surface area (Å²) in [7, 11) is 3.70. The molecule has 0 amide bonds. The van der Waals surface area contributed by atoms with Crippen LogP contribution in [0.25, 0.3) is 0 Å². The Morgan fingerprint density at radius 3 is 2.37 bits per heavy atom. The predicted molar refractivity (Wildman–Crippen MR) is 120 cm³/mol. The highest BCUT2D eigenvalue weighted by atomic mass is 127. The van der Waals surface area contributed by atoms with Crippen LogP contribution in [0.4, 0.5) is 0 Å². The molecule has 0 aliphatic carbocycles. The second-order valence-corrected chi connectivity index (χ2v) is 7.33. The van der Waals surface area contributed by atoms with Gasteiger partial charge in [-0.05, 0) is 46.2 Å². The van der Waals surface area contributed by atoms with Crippen LogP contribution in [0.1, 0.15) is 43.5 Å². The highest BCUT2D eigenvalue weighted by molar-refractivity contribution is 14.0. The summed E-state index contributed by atoms with van der Waals surface area (Å²) in [6, 6.07) is 6.24. The van der Waals surface area contributed by atoms with E-state index in [1.54, 1.807) is 7.05 Å². The third kappa shape index (κ3) is 7.00. The van der Waals surface area contributed by atoms with Gasteiger partial charge in [0.1, 0.15) is 17.2 Å². The Hall–Kier alpha value is -1.84. The molecule has 0 unspecified atom stereocenters. The standard InChI is InChI=1S/C19H30N6O.HI/c1-13-8-9-15(16(10-13)26-19(3,4)5)11-21-18(20-6)22-12-17-24-23-14(2)25(17)7;/h8-10H,11-12H2,1-7H3,(H2,20,21,22);1H. The van der Waals surface area contributed by atoms with Gasteiger partial charge in [0.05, 0.1) is 6.54 Å². The minimum absolute atomic E-state index is 0. The SMILES string of the molecule is CN=C(NCc1ccc(C)cc1OC(C)(C)C)NCc1nnc(C)n1C.I. The topological polar surface area (TPSA) is 76.4 Å². The molecule has 1 heterocycles. The highest BCUT2D eigenvalue weighted by Gasteiger charge is 2.15. The van der Waals surface area contributed by atoms with E-state index in [2.05, 4.69) is 71.7 Å². The lowest BCUT2D eigenvalue weighted by Gasteiger charge is -2.24. The first-order chi connectivity index (χ1) is 12.2. The van der Waals surface area contributed by atoms with Gasteiger partial charge in [0.15, 0.2) is 11.8 Å². The van der Waals surface area contributed by atoms with E-state index in [0.29, 0.717) is 19.0 Å². The number of nitrogens with one attached hydrogen (secondary N) is 2. The van der Waals surface area contributed by atoms with Crippen LogP contribution in [0.15, 0.2) is 23.2 Å². The summed E-state index contributed by atoms with van der Waals surface area (Å²) in [4.78, 5) is 4.27. The number of aryl methyl sites for hydroxylation is 2. The van der Waals surface area contributed by atoms with Crippen LogP contribution in [-0.2, 0) is 20.1 Å². The van der Waals surface area contributed by atoms with E-state index in [-0.39, 0.29) is 29.6 Å². The molecule has 0 saturated carbocycles. The zero-order chi connectivity index (χ0) is 19.3. The fourth-order valence-electron chi connectivity index (χ4n) is 2.40. The molecule has 8 heteroatoms. The van der Waals surface area contributed by atoms with Crippen LogP contribution >= 0.6 is 24.0 Å². The van der Waals surface area contributed by atoms with Gasteiger partial charge in [-0.3, -0.25) is 4.99 Å². The summed E-state index contributed by atoms with van der Waals surface area (Å²) < 4.78 is 8.06. The number of benzene rings is 1. The Kier molecular flexibility index (Phi) is 8.52. The van der Waals surface area contributed by atoms with Crippen molar-refractivity contribution in [1.29, 1.82) is 0 Å². The maximum Gasteiger partial charge on any atom is 0.191 e. The van der Waals surface area contributed by atoms with Crippen LogP contribution in [0.5, 0.6) is 5.75 Å². The van der Waals surface area contributed by atoms with E-state index in [9.17, 15) is 0 Å². The molecule has 2 rings (SSSR count). The van der Waals surface area contributed by atoms with Crippen molar-refractivity contribution in [2.45, 2.75) is 53.3 Å². The van der Waals surface area contributed by atoms with Gasteiger partial charge in [-0.25, -0.2) is 0 Å². The second kappa shape index (κ2) is 9.91. The summed E-state index contributed by atoms with van der Waals surface area (Å²) in [5, 5.41) is 14.8. The van der Waals surface area contributed by atoms with E-state index in [4.69, 9.17) is 4.74 Å². The predicted octanol–water partition coefficient (Wildman–Crippen LogP) is 3.09. The first-order valence-corrected chi connectivity index (χ1v) is 8.77. The molecule has 0 radical (unpaired) electrons. The number of nitrogens with zero attached hydrogens (tertiary/aromatic N) is 4. The van der Waals surface area contributed by atoms with Gasteiger partial charge in [0.25, 0.3) is 0 Å². The summed E-state index contributed by atoms with van der Waals surface area (Å²) in [6.45, 7) is 11.3. The number of halogens is 1. The summed E-state index contributed by atoms with van der Waals surface area (Å²) >= 11 is 0. The summed E-state index contributed by atoms with van der Waals surface area (Å²) in [6.07, 6.45) is 0. The van der Waals surface area contributed by atoms with Crippen LogP contribution in [0.3, 0.4) is 0 Å². The normalized spacial score (nSPS) is 11.7. The molecule has 0 atom stereocenters. The lowest BCUT2D eigenvalue weighted by molar-refractivity contribution is 0.129. The number of aliphatic imine (C=N–C) groups is 1. The minimum Gasteiger partial charge on any atom is -0.488 e. The number of hydrogen-bond donors (Lipinski definition) is 2. The minimum atomic E-state index is -0.245. The smallest absolute Gasteiger partial charge is 0.191 e. The van der Waals surface area contributed by atoms with Gasteiger partial charge in [0, 0.05) is 26.2 Å². The van der Waals surface area contributed by atoms with Gasteiger partial charge in [-0.1, -0.05) is 12.1 Å². The molecule has 1 aromatic carbocycles. The van der Waals surface area contributed by atoms with Crippen molar-refractivity contribution in [2.75, 3.05) is 7.05 Å². The molecular weight excluding hydrogens is 455 g/mol. The molecule has 0 bridgehead atoms. The lowest BCUT2D eigenvalue weighted by atomic mass is 10.1. The van der Waals surface area contributed by atoms with E-state index in [1.807, 2.05) is 18.5 Å². The van der Waals surface area contributed by atoms with Crippen molar-refractivity contribution in [3.8, 4) is 5.75 Å². The quantitative estimate of drug-likeness (QED) is 0.386. The Morgan fingerprint density at radius 1 is 1.15 bits per heavy atom. The van der Waals surface area contributed by atoms with Gasteiger partial charge >= 0.3 is 0 Å². The van der Waals surface area contributed by atoms with Crippen molar-refractivity contribution in [2.24, 2.45) is 12.0 Å². The Labute approximate surface area is 179 Å². The summed E-state index contributed by atoms with van der Waals surface area (Å²) in [5.74, 6) is 3.34. The van der Waals surface area contributed by atoms with Crippen molar-refractivity contribution < 1.29 is 4.74 Å². The van der Waals surface area contributed by atoms with E-state index in [0.717, 1.165) is 23.0 Å². The third-order valence-corrected chi connectivity index (χ3v) is 3.91. The fraction of sp³-hybridized carbons (Fsp3) is 0.526. The van der Waals surface area contributed by atoms with Gasteiger partial charge in [-0.2, -0.15) is 0 Å². The molecular formula is C19H31IN6O. The first kappa shape index (κ1) is 23.2. The van der Waals surface area contributed by atoms with Gasteiger partial charge in [-0.15, -0.1) is 34.2 Å². The molecule has 0 aliphatic rings. The highest BCUT2D eigenvalue weighted by Crippen LogP contribution is 2.24. The zero-order valence-corrected chi connectivity index (χ0v) is 19.6. The molecule has 0 fully saturated rings. The molecule has 2 N–H and O–H groups in total. The van der Waals surface area contributed by atoms with E-state index < -0.39 is 0 Å². The van der Waals surface area contributed by atoms with Crippen LogP contribution in [0, 0.1) is 13.8 Å². The number of ether oxygens (including phenoxy) is 1. The fourth-order valence-corrected chi connectivity index (χ4v) is 2.40. The maximum atomic E-state index is 6.11. The Balaban J connectivity index is 0.00000364. The average Bonchev–Trinajstić information content (AvgIpc) is 2.87. The zero-order valence-electron chi connectivity index (χ0n) is 17.3. The van der Waals surface area contributed by atoms with Crippen molar-refractivity contribution in [3.63, 3.8) is 0 Å². The molecule has 1 aromatic heterocycles. The second-order valence-electron chi connectivity index (χ2n) is 7.33. The van der Waals surface area contributed by atoms with Crippen LogP contribution in [0.2, 0.25) is 0 Å². The van der Waals surface area contributed by atoms with Gasteiger partial charge < -0.3 is 19.9 Å². The average molecular weight is 486 g/mol. The largest absolute Gasteiger partial charge is 0.488 e. The van der Waals surface area contributed by atoms with E-state index in [1.165, 1.54) is 5.56 Å². The number of rotatable bonds is 5. The van der Waals surface area contributed by atoms with Gasteiger partial charge in [0.2, 0.25) is 0 Å². The summed E-state index contributed by atoms with van der Waals surface area (Å²) in [5.41, 5.74) is 2.02. The number of aromatic nitrogens is 3.